The second-order valence-electron chi connectivity index (χ2n) is 3.87. The van der Waals surface area contributed by atoms with Gasteiger partial charge < -0.3 is 15.5 Å². The molecule has 0 bridgehead atoms. The number of hydrogen-bond donors (Lipinski definition) is 1. The van der Waals surface area contributed by atoms with Gasteiger partial charge in [-0.25, -0.2) is 0 Å². The number of anilines is 2. The van der Waals surface area contributed by atoms with Crippen molar-refractivity contribution in [1.29, 1.82) is 0 Å². The fourth-order valence-corrected chi connectivity index (χ4v) is 1.76. The number of nitrogens with two attached hydrogens (primary N) is 1. The topological polar surface area (TPSA) is 50.3 Å². The third kappa shape index (κ3) is 3.17. The Morgan fingerprint density at radius 2 is 1.69 bits per heavy atom. The third-order valence-corrected chi connectivity index (χ3v) is 2.64. The quantitative estimate of drug-likeness (QED) is 0.810. The van der Waals surface area contributed by atoms with Gasteiger partial charge >= 0.3 is 0 Å². The molecule has 94 valence electrons. The summed E-state index contributed by atoms with van der Waals surface area (Å²) >= 11 is 0. The van der Waals surface area contributed by atoms with Crippen LogP contribution >= 0.6 is 24.8 Å². The van der Waals surface area contributed by atoms with Gasteiger partial charge in [0.05, 0.1) is 5.69 Å². The lowest BCUT2D eigenvalue weighted by Gasteiger charge is -2.32. The van der Waals surface area contributed by atoms with Crippen molar-refractivity contribution in [3.8, 4) is 0 Å². The molecule has 1 aliphatic heterocycles. The zero-order valence-electron chi connectivity index (χ0n) is 9.59. The SMILES string of the molecule is CN1CCN(c2nn(C)cc2N)CC1.Cl.Cl. The van der Waals surface area contributed by atoms with Crippen LogP contribution in [0.4, 0.5) is 11.5 Å². The zero-order valence-corrected chi connectivity index (χ0v) is 11.2. The number of piperazine rings is 1. The molecule has 2 heterocycles. The molecule has 1 aliphatic rings. The van der Waals surface area contributed by atoms with Gasteiger partial charge in [-0.1, -0.05) is 0 Å². The van der Waals surface area contributed by atoms with E-state index in [1.165, 1.54) is 0 Å². The van der Waals surface area contributed by atoms with Crippen molar-refractivity contribution in [3.05, 3.63) is 6.20 Å². The molecule has 0 unspecified atom stereocenters. The molecular weight excluding hydrogens is 249 g/mol. The molecule has 5 nitrogen and oxygen atoms in total. The summed E-state index contributed by atoms with van der Waals surface area (Å²) in [6.07, 6.45) is 1.85. The molecule has 1 fully saturated rings. The highest BCUT2D eigenvalue weighted by Crippen LogP contribution is 2.20. The van der Waals surface area contributed by atoms with Crippen LogP contribution in [-0.4, -0.2) is 47.9 Å². The van der Waals surface area contributed by atoms with E-state index in [2.05, 4.69) is 21.9 Å². The summed E-state index contributed by atoms with van der Waals surface area (Å²) in [6, 6.07) is 0. The monoisotopic (exact) mass is 267 g/mol. The predicted octanol–water partition coefficient (Wildman–Crippen LogP) is 0.598. The minimum absolute atomic E-state index is 0. The summed E-state index contributed by atoms with van der Waals surface area (Å²) in [5.74, 6) is 0.931. The molecule has 0 atom stereocenters. The van der Waals surface area contributed by atoms with Crippen molar-refractivity contribution >= 4 is 36.3 Å². The van der Waals surface area contributed by atoms with Gasteiger partial charge in [0.25, 0.3) is 0 Å². The van der Waals surface area contributed by atoms with Gasteiger partial charge in [-0.3, -0.25) is 4.68 Å². The number of hydrogen-bond acceptors (Lipinski definition) is 4. The molecule has 0 amide bonds. The maximum Gasteiger partial charge on any atom is 0.173 e. The van der Waals surface area contributed by atoms with Crippen LogP contribution in [0, 0.1) is 0 Å². The molecular formula is C9H19Cl2N5. The molecule has 7 heteroatoms. The highest BCUT2D eigenvalue weighted by Gasteiger charge is 2.18. The second-order valence-corrected chi connectivity index (χ2v) is 3.87. The zero-order chi connectivity index (χ0) is 10.1. The van der Waals surface area contributed by atoms with Crippen molar-refractivity contribution in [2.75, 3.05) is 43.9 Å². The van der Waals surface area contributed by atoms with Gasteiger partial charge in [-0.05, 0) is 7.05 Å². The number of halogens is 2. The number of aromatic nitrogens is 2. The first-order valence-corrected chi connectivity index (χ1v) is 4.89. The van der Waals surface area contributed by atoms with Crippen molar-refractivity contribution < 1.29 is 0 Å². The standard InChI is InChI=1S/C9H17N5.2ClH/c1-12-3-5-14(6-4-12)9-8(10)7-13(2)11-9;;/h7H,3-6,10H2,1-2H3;2*1H. The van der Waals surface area contributed by atoms with E-state index in [4.69, 9.17) is 5.73 Å². The normalized spacial score (nSPS) is 16.5. The summed E-state index contributed by atoms with van der Waals surface area (Å²) in [6.45, 7) is 4.18. The van der Waals surface area contributed by atoms with E-state index in [0.29, 0.717) is 0 Å². The van der Waals surface area contributed by atoms with E-state index in [-0.39, 0.29) is 24.8 Å². The van der Waals surface area contributed by atoms with E-state index < -0.39 is 0 Å². The maximum atomic E-state index is 5.87. The summed E-state index contributed by atoms with van der Waals surface area (Å²) in [4.78, 5) is 4.56. The molecule has 16 heavy (non-hydrogen) atoms. The van der Waals surface area contributed by atoms with E-state index >= 15 is 0 Å². The van der Waals surface area contributed by atoms with Gasteiger partial charge in [-0.2, -0.15) is 5.10 Å². The smallest absolute Gasteiger partial charge is 0.173 e. The third-order valence-electron chi connectivity index (χ3n) is 2.64. The molecule has 0 aliphatic carbocycles. The van der Waals surface area contributed by atoms with Gasteiger partial charge in [0.2, 0.25) is 0 Å². The lowest BCUT2D eigenvalue weighted by molar-refractivity contribution is 0.312. The van der Waals surface area contributed by atoms with Crippen molar-refractivity contribution in [2.24, 2.45) is 7.05 Å². The van der Waals surface area contributed by atoms with Gasteiger partial charge in [0.15, 0.2) is 5.82 Å². The molecule has 2 rings (SSSR count). The van der Waals surface area contributed by atoms with Crippen molar-refractivity contribution in [2.45, 2.75) is 0 Å². The number of nitrogens with zero attached hydrogens (tertiary/aromatic N) is 4. The average Bonchev–Trinajstić information content (AvgIpc) is 2.47. The van der Waals surface area contributed by atoms with Crippen LogP contribution < -0.4 is 10.6 Å². The Bertz CT molecular complexity index is 320. The Labute approximate surface area is 108 Å². The van der Waals surface area contributed by atoms with Crippen LogP contribution in [0.3, 0.4) is 0 Å². The molecule has 0 aromatic carbocycles. The highest BCUT2D eigenvalue weighted by atomic mass is 35.5. The number of nitrogen functional groups attached to an aromatic ring is 1. The average molecular weight is 268 g/mol. The molecule has 0 spiro atoms. The van der Waals surface area contributed by atoms with E-state index in [0.717, 1.165) is 37.7 Å². The highest BCUT2D eigenvalue weighted by molar-refractivity contribution is 5.85. The van der Waals surface area contributed by atoms with Crippen LogP contribution in [0.15, 0.2) is 6.20 Å². The Hall–Kier alpha value is -0.650. The lowest BCUT2D eigenvalue weighted by Crippen LogP contribution is -2.44. The first kappa shape index (κ1) is 15.3. The summed E-state index contributed by atoms with van der Waals surface area (Å²) in [5, 5.41) is 4.36. The Balaban J connectivity index is 0.00000112. The van der Waals surface area contributed by atoms with Crippen LogP contribution in [-0.2, 0) is 7.05 Å². The molecule has 0 saturated carbocycles. The van der Waals surface area contributed by atoms with Crippen LogP contribution in [0.5, 0.6) is 0 Å². The number of rotatable bonds is 1. The summed E-state index contributed by atoms with van der Waals surface area (Å²) in [7, 11) is 4.04. The summed E-state index contributed by atoms with van der Waals surface area (Å²) < 4.78 is 1.77. The second kappa shape index (κ2) is 6.18. The fraction of sp³-hybridized carbons (Fsp3) is 0.667. The maximum absolute atomic E-state index is 5.87. The largest absolute Gasteiger partial charge is 0.394 e. The first-order valence-electron chi connectivity index (χ1n) is 4.89. The fourth-order valence-electron chi connectivity index (χ4n) is 1.76. The van der Waals surface area contributed by atoms with Crippen LogP contribution in [0.25, 0.3) is 0 Å². The van der Waals surface area contributed by atoms with Crippen LogP contribution in [0.1, 0.15) is 0 Å². The van der Waals surface area contributed by atoms with E-state index in [9.17, 15) is 0 Å². The molecule has 0 radical (unpaired) electrons. The Kier molecular flexibility index (Phi) is 5.92. The molecule has 1 saturated heterocycles. The van der Waals surface area contributed by atoms with Crippen LogP contribution in [0.2, 0.25) is 0 Å². The minimum atomic E-state index is 0. The van der Waals surface area contributed by atoms with Gasteiger partial charge in [0.1, 0.15) is 0 Å². The lowest BCUT2D eigenvalue weighted by atomic mass is 10.3. The molecule has 2 N–H and O–H groups in total. The van der Waals surface area contributed by atoms with Gasteiger partial charge in [0, 0.05) is 39.4 Å². The van der Waals surface area contributed by atoms with Crippen molar-refractivity contribution in [3.63, 3.8) is 0 Å². The van der Waals surface area contributed by atoms with E-state index in [1.807, 2.05) is 13.2 Å². The van der Waals surface area contributed by atoms with Gasteiger partial charge in [-0.15, -0.1) is 24.8 Å². The van der Waals surface area contributed by atoms with E-state index in [1.54, 1.807) is 4.68 Å². The minimum Gasteiger partial charge on any atom is -0.394 e. The van der Waals surface area contributed by atoms with Crippen molar-refractivity contribution in [1.82, 2.24) is 14.7 Å². The first-order chi connectivity index (χ1) is 6.66. The Morgan fingerprint density at radius 1 is 1.12 bits per heavy atom. The molecule has 1 aromatic rings. The molecule has 1 aromatic heterocycles. The number of aryl methyl sites for hydroxylation is 1. The summed E-state index contributed by atoms with van der Waals surface area (Å²) in [5.41, 5.74) is 6.64. The number of likely N-dealkylation sites (N-methyl/N-ethyl adjacent to an activating group) is 1. The Morgan fingerprint density at radius 3 is 2.12 bits per heavy atom. The predicted molar refractivity (Wildman–Crippen MR) is 71.8 cm³/mol.